The maximum Gasteiger partial charge on any atom is 0.0767 e. The molecule has 1 N–H and O–H groups in total. The largest absolute Gasteiger partial charge is 0.377 e. The summed E-state index contributed by atoms with van der Waals surface area (Å²) in [4.78, 5) is 0. The van der Waals surface area contributed by atoms with Crippen LogP contribution in [0, 0.1) is 0 Å². The Morgan fingerprint density at radius 2 is 1.95 bits per heavy atom. The Bertz CT molecular complexity index is 400. The van der Waals surface area contributed by atoms with Gasteiger partial charge in [-0.25, -0.2) is 0 Å². The molecule has 1 fully saturated rings. The van der Waals surface area contributed by atoms with Crippen molar-refractivity contribution in [2.24, 2.45) is 0 Å². The number of hydrogen-bond acceptors (Lipinski definition) is 2. The first-order valence-electron chi connectivity index (χ1n) is 8.25. The van der Waals surface area contributed by atoms with Gasteiger partial charge < -0.3 is 10.1 Å². The van der Waals surface area contributed by atoms with Gasteiger partial charge in [0.1, 0.15) is 0 Å². The minimum atomic E-state index is 0.265. The maximum atomic E-state index is 5.98. The van der Waals surface area contributed by atoms with E-state index in [1.165, 1.54) is 24.8 Å². The molecule has 2 atom stereocenters. The topological polar surface area (TPSA) is 21.3 Å². The van der Waals surface area contributed by atoms with Gasteiger partial charge in [0.25, 0.3) is 0 Å². The monoisotopic (exact) mass is 275 g/mol. The highest BCUT2D eigenvalue weighted by Gasteiger charge is 2.28. The summed E-state index contributed by atoms with van der Waals surface area (Å²) in [6, 6.07) is 9.29. The zero-order valence-corrected chi connectivity index (χ0v) is 13.2. The molecule has 1 aliphatic rings. The van der Waals surface area contributed by atoms with Crippen molar-refractivity contribution in [3.8, 4) is 0 Å². The van der Waals surface area contributed by atoms with Crippen LogP contribution in [0.5, 0.6) is 0 Å². The van der Waals surface area contributed by atoms with E-state index in [0.717, 1.165) is 25.5 Å². The van der Waals surface area contributed by atoms with Crippen LogP contribution in [0.25, 0.3) is 0 Å². The molecule has 0 aliphatic heterocycles. The molecule has 0 saturated heterocycles. The van der Waals surface area contributed by atoms with Gasteiger partial charge in [-0.05, 0) is 49.8 Å². The van der Waals surface area contributed by atoms with Crippen LogP contribution in [-0.2, 0) is 4.74 Å². The molecular formula is C18H29NO. The fourth-order valence-corrected chi connectivity index (χ4v) is 3.21. The second kappa shape index (κ2) is 7.80. The molecule has 20 heavy (non-hydrogen) atoms. The zero-order valence-electron chi connectivity index (χ0n) is 13.2. The van der Waals surface area contributed by atoms with Crippen molar-refractivity contribution in [1.82, 2.24) is 5.32 Å². The molecule has 0 radical (unpaired) electrons. The Balaban J connectivity index is 2.27. The lowest BCUT2D eigenvalue weighted by atomic mass is 9.76. The molecule has 112 valence electrons. The van der Waals surface area contributed by atoms with Crippen molar-refractivity contribution >= 4 is 0 Å². The predicted molar refractivity (Wildman–Crippen MR) is 85.2 cm³/mol. The molecule has 1 aliphatic carbocycles. The van der Waals surface area contributed by atoms with Crippen LogP contribution >= 0.6 is 0 Å². The Morgan fingerprint density at radius 3 is 2.50 bits per heavy atom. The van der Waals surface area contributed by atoms with Crippen LogP contribution in [0.2, 0.25) is 0 Å². The van der Waals surface area contributed by atoms with Crippen molar-refractivity contribution in [2.75, 3.05) is 13.2 Å². The van der Waals surface area contributed by atoms with Crippen molar-refractivity contribution in [1.29, 1.82) is 0 Å². The van der Waals surface area contributed by atoms with Crippen LogP contribution in [-0.4, -0.2) is 19.3 Å². The van der Waals surface area contributed by atoms with Gasteiger partial charge in [0.2, 0.25) is 0 Å². The smallest absolute Gasteiger partial charge is 0.0767 e. The molecule has 1 saturated carbocycles. The van der Waals surface area contributed by atoms with E-state index in [2.05, 4.69) is 50.4 Å². The van der Waals surface area contributed by atoms with E-state index in [0.29, 0.717) is 6.04 Å². The molecular weight excluding hydrogens is 246 g/mol. The summed E-state index contributed by atoms with van der Waals surface area (Å²) in [5.41, 5.74) is 3.00. The fraction of sp³-hybridized carbons (Fsp3) is 0.667. The average Bonchev–Trinajstić information content (AvgIpc) is 2.42. The predicted octanol–water partition coefficient (Wildman–Crippen LogP) is 4.42. The van der Waals surface area contributed by atoms with Crippen molar-refractivity contribution < 1.29 is 4.74 Å². The minimum Gasteiger partial charge on any atom is -0.377 e. The number of rotatable bonds is 8. The van der Waals surface area contributed by atoms with E-state index in [-0.39, 0.29) is 6.10 Å². The van der Waals surface area contributed by atoms with Crippen molar-refractivity contribution in [3.63, 3.8) is 0 Å². The van der Waals surface area contributed by atoms with Crippen LogP contribution < -0.4 is 5.32 Å². The van der Waals surface area contributed by atoms with Crippen LogP contribution in [0.4, 0.5) is 0 Å². The number of hydrogen-bond donors (Lipinski definition) is 1. The summed E-state index contributed by atoms with van der Waals surface area (Å²) >= 11 is 0. The number of nitrogens with one attached hydrogen (secondary N) is 1. The van der Waals surface area contributed by atoms with Gasteiger partial charge in [-0.2, -0.15) is 0 Å². The molecule has 0 bridgehead atoms. The third kappa shape index (κ3) is 3.42. The van der Waals surface area contributed by atoms with Gasteiger partial charge in [-0.1, -0.05) is 44.5 Å². The summed E-state index contributed by atoms with van der Waals surface area (Å²) < 4.78 is 5.98. The Hall–Kier alpha value is -0.860. The first-order chi connectivity index (χ1) is 9.81. The Kier molecular flexibility index (Phi) is 6.06. The lowest BCUT2D eigenvalue weighted by Gasteiger charge is -2.33. The van der Waals surface area contributed by atoms with Gasteiger partial charge in [-0.3, -0.25) is 0 Å². The van der Waals surface area contributed by atoms with E-state index in [9.17, 15) is 0 Å². The lowest BCUT2D eigenvalue weighted by molar-refractivity contribution is 0.0314. The normalized spacial score (nSPS) is 18.6. The average molecular weight is 275 g/mol. The van der Waals surface area contributed by atoms with Gasteiger partial charge in [0.15, 0.2) is 0 Å². The first kappa shape index (κ1) is 15.5. The highest BCUT2D eigenvalue weighted by atomic mass is 16.5. The zero-order chi connectivity index (χ0) is 14.4. The molecule has 1 aromatic rings. The van der Waals surface area contributed by atoms with E-state index in [4.69, 9.17) is 4.74 Å². The van der Waals surface area contributed by atoms with Crippen molar-refractivity contribution in [3.05, 3.63) is 35.4 Å². The van der Waals surface area contributed by atoms with E-state index in [1.807, 2.05) is 0 Å². The third-order valence-corrected chi connectivity index (χ3v) is 4.46. The molecule has 0 spiro atoms. The Morgan fingerprint density at radius 1 is 1.20 bits per heavy atom. The lowest BCUT2D eigenvalue weighted by Crippen LogP contribution is -2.34. The standard InChI is InChI=1S/C18H29NO/c1-4-17(20-6-3)18(19-5-2)16-13-8-7-12-15(16)14-10-9-11-14/h7-8,12-14,17-19H,4-6,9-11H2,1-3H3. The fourth-order valence-electron chi connectivity index (χ4n) is 3.21. The summed E-state index contributed by atoms with van der Waals surface area (Å²) in [7, 11) is 0. The molecule has 2 heteroatoms. The van der Waals surface area contributed by atoms with Gasteiger partial charge >= 0.3 is 0 Å². The van der Waals surface area contributed by atoms with E-state index < -0.39 is 0 Å². The van der Waals surface area contributed by atoms with E-state index in [1.54, 1.807) is 5.56 Å². The highest BCUT2D eigenvalue weighted by molar-refractivity contribution is 5.35. The van der Waals surface area contributed by atoms with Gasteiger partial charge in [-0.15, -0.1) is 0 Å². The Labute approximate surface area is 123 Å². The minimum absolute atomic E-state index is 0.265. The molecule has 2 rings (SSSR count). The quantitative estimate of drug-likeness (QED) is 0.758. The molecule has 0 heterocycles. The molecule has 2 unspecified atom stereocenters. The summed E-state index contributed by atoms with van der Waals surface area (Å²) in [5, 5.41) is 3.65. The molecule has 1 aromatic carbocycles. The summed E-state index contributed by atoms with van der Waals surface area (Å²) in [6.45, 7) is 8.25. The van der Waals surface area contributed by atoms with Crippen LogP contribution in [0.3, 0.4) is 0 Å². The second-order valence-corrected chi connectivity index (χ2v) is 5.69. The van der Waals surface area contributed by atoms with Gasteiger partial charge in [0.05, 0.1) is 12.1 Å². The summed E-state index contributed by atoms with van der Waals surface area (Å²) in [5.74, 6) is 0.770. The van der Waals surface area contributed by atoms with Crippen molar-refractivity contribution in [2.45, 2.75) is 64.5 Å². The number of benzene rings is 1. The summed E-state index contributed by atoms with van der Waals surface area (Å²) in [6.07, 6.45) is 5.39. The SMILES string of the molecule is CCNC(c1ccccc1C1CCC1)C(CC)OCC. The maximum absolute atomic E-state index is 5.98. The van der Waals surface area contributed by atoms with Crippen LogP contribution in [0.1, 0.15) is 69.5 Å². The molecule has 0 aromatic heterocycles. The molecule has 0 amide bonds. The second-order valence-electron chi connectivity index (χ2n) is 5.69. The van der Waals surface area contributed by atoms with Gasteiger partial charge in [0, 0.05) is 6.61 Å². The van der Waals surface area contributed by atoms with Crippen LogP contribution in [0.15, 0.2) is 24.3 Å². The first-order valence-corrected chi connectivity index (χ1v) is 8.25. The molecule has 2 nitrogen and oxygen atoms in total. The highest BCUT2D eigenvalue weighted by Crippen LogP contribution is 2.40. The van der Waals surface area contributed by atoms with E-state index >= 15 is 0 Å². The number of likely N-dealkylation sites (N-methyl/N-ethyl adjacent to an activating group) is 1. The number of ether oxygens (including phenoxy) is 1. The third-order valence-electron chi connectivity index (χ3n) is 4.46.